The number of phenols is 1. The van der Waals surface area contributed by atoms with E-state index in [1.54, 1.807) is 20.3 Å². The van der Waals surface area contributed by atoms with Crippen molar-refractivity contribution >= 4 is 10.8 Å². The third-order valence-electron chi connectivity index (χ3n) is 4.50. The molecule has 4 rings (SSSR count). The van der Waals surface area contributed by atoms with E-state index in [4.69, 9.17) is 9.47 Å². The molecule has 2 heterocycles. The summed E-state index contributed by atoms with van der Waals surface area (Å²) in [5.74, 6) is 1.78. The van der Waals surface area contributed by atoms with Crippen LogP contribution in [0, 0.1) is 0 Å². The number of aryl methyl sites for hydroxylation is 2. The van der Waals surface area contributed by atoms with Crippen molar-refractivity contribution in [2.24, 2.45) is 0 Å². The highest BCUT2D eigenvalue weighted by molar-refractivity contribution is 5.91. The lowest BCUT2D eigenvalue weighted by atomic mass is 9.95. The van der Waals surface area contributed by atoms with Crippen molar-refractivity contribution in [1.29, 1.82) is 0 Å². The predicted octanol–water partition coefficient (Wildman–Crippen LogP) is 3.07. The quantitative estimate of drug-likeness (QED) is 0.740. The molecule has 1 aliphatic rings. The molecule has 23 heavy (non-hydrogen) atoms. The average Bonchev–Trinajstić information content (AvgIpc) is 2.58. The summed E-state index contributed by atoms with van der Waals surface area (Å²) in [5, 5.41) is 11.9. The Balaban J connectivity index is 2.01. The summed E-state index contributed by atoms with van der Waals surface area (Å²) in [6.45, 7) is 0.906. The van der Waals surface area contributed by atoms with Crippen molar-refractivity contribution in [2.45, 2.75) is 13.0 Å². The number of hydrogen-bond donors (Lipinski definition) is 1. The van der Waals surface area contributed by atoms with E-state index in [1.165, 1.54) is 5.56 Å². The molecule has 0 radical (unpaired) electrons. The molecular weight excluding hydrogens is 290 g/mol. The Kier molecular flexibility index (Phi) is 3.11. The van der Waals surface area contributed by atoms with Gasteiger partial charge in [0.1, 0.15) is 5.75 Å². The van der Waals surface area contributed by atoms with Crippen LogP contribution in [0.3, 0.4) is 0 Å². The van der Waals surface area contributed by atoms with Gasteiger partial charge in [-0.05, 0) is 35.2 Å². The molecule has 0 saturated carbocycles. The minimum absolute atomic E-state index is 0.296. The average molecular weight is 308 g/mol. The van der Waals surface area contributed by atoms with Gasteiger partial charge in [0.05, 0.1) is 25.2 Å². The van der Waals surface area contributed by atoms with Gasteiger partial charge < -0.3 is 14.6 Å². The number of aromatic nitrogens is 1. The fourth-order valence-electron chi connectivity index (χ4n) is 3.36. The molecule has 4 nitrogen and oxygen atoms in total. The Hall–Kier alpha value is -2.75. The van der Waals surface area contributed by atoms with Gasteiger partial charge in [-0.1, -0.05) is 6.07 Å². The number of phenolic OH excluding ortho intramolecular Hbond substituents is 1. The zero-order chi connectivity index (χ0) is 16.0. The number of hydrogen-bond acceptors (Lipinski definition) is 3. The molecule has 4 heteroatoms. The van der Waals surface area contributed by atoms with E-state index in [2.05, 4.69) is 16.8 Å². The van der Waals surface area contributed by atoms with Crippen LogP contribution in [0.5, 0.6) is 17.2 Å². The molecule has 116 valence electrons. The van der Waals surface area contributed by atoms with Crippen molar-refractivity contribution < 1.29 is 19.1 Å². The Labute approximate surface area is 134 Å². The van der Waals surface area contributed by atoms with E-state index in [1.807, 2.05) is 24.3 Å². The van der Waals surface area contributed by atoms with E-state index in [9.17, 15) is 5.11 Å². The number of ether oxygens (including phenoxy) is 2. The van der Waals surface area contributed by atoms with Crippen LogP contribution in [0.4, 0.5) is 0 Å². The second-order valence-electron chi connectivity index (χ2n) is 5.75. The van der Waals surface area contributed by atoms with Gasteiger partial charge in [0, 0.05) is 12.5 Å². The van der Waals surface area contributed by atoms with Crippen molar-refractivity contribution in [1.82, 2.24) is 0 Å². The third-order valence-corrected chi connectivity index (χ3v) is 4.50. The minimum atomic E-state index is 0.296. The lowest BCUT2D eigenvalue weighted by Crippen LogP contribution is -2.40. The normalized spacial score (nSPS) is 12.6. The first-order valence-corrected chi connectivity index (χ1v) is 7.61. The SMILES string of the molecule is COc1ccc2cc3[n+](cc2c1OC)CCc1ccc(O)cc1-3. The summed E-state index contributed by atoms with van der Waals surface area (Å²) >= 11 is 0. The van der Waals surface area contributed by atoms with E-state index in [0.29, 0.717) is 5.75 Å². The van der Waals surface area contributed by atoms with Crippen LogP contribution < -0.4 is 14.0 Å². The molecular formula is C19H18NO3+. The van der Waals surface area contributed by atoms with Crippen LogP contribution in [0.2, 0.25) is 0 Å². The molecule has 1 aliphatic heterocycles. The zero-order valence-electron chi connectivity index (χ0n) is 13.2. The van der Waals surface area contributed by atoms with Gasteiger partial charge in [-0.15, -0.1) is 0 Å². The molecule has 2 aromatic carbocycles. The second kappa shape index (κ2) is 5.16. The predicted molar refractivity (Wildman–Crippen MR) is 88.1 cm³/mol. The van der Waals surface area contributed by atoms with E-state index >= 15 is 0 Å². The lowest BCUT2D eigenvalue weighted by molar-refractivity contribution is -0.686. The highest BCUT2D eigenvalue weighted by Crippen LogP contribution is 2.37. The first-order chi connectivity index (χ1) is 11.2. The second-order valence-corrected chi connectivity index (χ2v) is 5.75. The standard InChI is InChI=1S/C19H17NO3/c1-22-18-6-4-13-9-17-15-10-14(21)5-3-12(15)7-8-20(17)11-16(13)19(18)23-2/h3-6,9-11H,7-8H2,1-2H3/p+1. The minimum Gasteiger partial charge on any atom is -0.508 e. The van der Waals surface area contributed by atoms with E-state index in [-0.39, 0.29) is 0 Å². The van der Waals surface area contributed by atoms with Gasteiger partial charge in [0.25, 0.3) is 0 Å². The number of methoxy groups -OCH3 is 2. The molecule has 0 aliphatic carbocycles. The molecule has 0 bridgehead atoms. The van der Waals surface area contributed by atoms with Crippen LogP contribution in [0.1, 0.15) is 5.56 Å². The first-order valence-electron chi connectivity index (χ1n) is 7.61. The number of nitrogens with zero attached hydrogens (tertiary/aromatic N) is 1. The van der Waals surface area contributed by atoms with Crippen molar-refractivity contribution in [3.05, 3.63) is 48.2 Å². The molecule has 0 spiro atoms. The molecule has 3 aromatic rings. The molecule has 0 unspecified atom stereocenters. The highest BCUT2D eigenvalue weighted by atomic mass is 16.5. The van der Waals surface area contributed by atoms with Gasteiger partial charge in [-0.3, -0.25) is 0 Å². The monoisotopic (exact) mass is 308 g/mol. The number of pyridine rings is 1. The number of fused-ring (bicyclic) bond motifs is 4. The molecule has 0 saturated heterocycles. The Morgan fingerprint density at radius 2 is 1.91 bits per heavy atom. The van der Waals surface area contributed by atoms with E-state index < -0.39 is 0 Å². The third kappa shape index (κ3) is 2.10. The van der Waals surface area contributed by atoms with Crippen LogP contribution in [-0.2, 0) is 13.0 Å². The van der Waals surface area contributed by atoms with Gasteiger partial charge in [-0.2, -0.15) is 4.57 Å². The summed E-state index contributed by atoms with van der Waals surface area (Å²) in [6.07, 6.45) is 3.06. The maximum absolute atomic E-state index is 9.83. The first kappa shape index (κ1) is 13.9. The maximum atomic E-state index is 9.83. The Bertz CT molecular complexity index is 918. The topological polar surface area (TPSA) is 42.6 Å². The number of rotatable bonds is 2. The van der Waals surface area contributed by atoms with Gasteiger partial charge >= 0.3 is 0 Å². The number of benzene rings is 2. The van der Waals surface area contributed by atoms with Crippen LogP contribution >= 0.6 is 0 Å². The van der Waals surface area contributed by atoms with E-state index in [0.717, 1.165) is 46.5 Å². The molecule has 1 aromatic heterocycles. The number of aromatic hydroxyl groups is 1. The molecule has 0 amide bonds. The van der Waals surface area contributed by atoms with Crippen LogP contribution in [0.15, 0.2) is 42.6 Å². The summed E-state index contributed by atoms with van der Waals surface area (Å²) in [5.41, 5.74) is 3.47. The Morgan fingerprint density at radius 3 is 2.70 bits per heavy atom. The molecule has 1 N–H and O–H groups in total. The largest absolute Gasteiger partial charge is 0.508 e. The zero-order valence-corrected chi connectivity index (χ0v) is 13.2. The summed E-state index contributed by atoms with van der Waals surface area (Å²) in [4.78, 5) is 0. The van der Waals surface area contributed by atoms with Crippen molar-refractivity contribution in [2.75, 3.05) is 14.2 Å². The summed E-state index contributed by atoms with van der Waals surface area (Å²) in [7, 11) is 3.31. The highest BCUT2D eigenvalue weighted by Gasteiger charge is 2.25. The fourth-order valence-corrected chi connectivity index (χ4v) is 3.36. The van der Waals surface area contributed by atoms with Crippen molar-refractivity contribution in [3.8, 4) is 28.5 Å². The van der Waals surface area contributed by atoms with Gasteiger partial charge in [-0.25, -0.2) is 0 Å². The van der Waals surface area contributed by atoms with Gasteiger partial charge in [0.2, 0.25) is 5.69 Å². The Morgan fingerprint density at radius 1 is 1.04 bits per heavy atom. The summed E-state index contributed by atoms with van der Waals surface area (Å²) < 4.78 is 13.2. The fraction of sp³-hybridized carbons (Fsp3) is 0.211. The van der Waals surface area contributed by atoms with Gasteiger partial charge in [0.15, 0.2) is 24.2 Å². The maximum Gasteiger partial charge on any atom is 0.213 e. The summed E-state index contributed by atoms with van der Waals surface area (Å²) in [6, 6.07) is 11.7. The lowest BCUT2D eigenvalue weighted by Gasteiger charge is -2.17. The molecule has 0 fully saturated rings. The smallest absolute Gasteiger partial charge is 0.213 e. The van der Waals surface area contributed by atoms with Crippen LogP contribution in [-0.4, -0.2) is 19.3 Å². The van der Waals surface area contributed by atoms with Crippen molar-refractivity contribution in [3.63, 3.8) is 0 Å². The molecule has 0 atom stereocenters. The van der Waals surface area contributed by atoms with Crippen LogP contribution in [0.25, 0.3) is 22.0 Å².